The largest absolute Gasteiger partial charge is 0.394 e. The topological polar surface area (TPSA) is 153 Å². The normalized spacial score (nSPS) is 28.0. The first kappa shape index (κ1) is 16.9. The van der Waals surface area contributed by atoms with Crippen LogP contribution in [0, 0.1) is 0 Å². The van der Waals surface area contributed by atoms with Crippen molar-refractivity contribution in [2.75, 3.05) is 12.3 Å². The number of nitrogens with zero attached hydrogens (tertiary/aromatic N) is 3. The molecule has 0 amide bonds. The second-order valence-corrected chi connectivity index (χ2v) is 4.95. The van der Waals surface area contributed by atoms with Crippen LogP contribution in [0.3, 0.4) is 0 Å². The first-order valence-corrected chi connectivity index (χ1v) is 6.51. The Bertz CT molecular complexity index is 666. The number of aliphatic hydroxyl groups excluding tert-OH is 3. The maximum absolute atomic E-state index is 10.1. The highest BCUT2D eigenvalue weighted by Crippen LogP contribution is 2.34. The lowest BCUT2D eigenvalue weighted by Gasteiger charge is -2.17. The Balaban J connectivity index is 0.00000176. The summed E-state index contributed by atoms with van der Waals surface area (Å²) < 4.78 is 7.05. The number of rotatable bonds is 3. The van der Waals surface area contributed by atoms with Crippen LogP contribution in [0.5, 0.6) is 0 Å². The summed E-state index contributed by atoms with van der Waals surface area (Å²) in [7, 11) is 0. The summed E-state index contributed by atoms with van der Waals surface area (Å²) in [6.07, 6.45) is -1.15. The van der Waals surface area contributed by atoms with E-state index in [-0.39, 0.29) is 24.8 Å². The van der Waals surface area contributed by atoms with E-state index < -0.39 is 31.1 Å². The molecule has 1 aliphatic rings. The number of anilines is 1. The fourth-order valence-electron chi connectivity index (χ4n) is 2.65. The minimum atomic E-state index is -1.19. The van der Waals surface area contributed by atoms with Crippen molar-refractivity contribution in [1.82, 2.24) is 14.5 Å². The standard InChI is InChI=1S/C12H17N5O4.ClH/c13-1-5-2-17(11-7(5)10(14)15-4-16-11)12-9(20)8(19)6(3-18)21-12;/h2,4,6,8-9,12,18-20H,1,3,13H2,(H2,14,15,16);1H. The molecule has 122 valence electrons. The maximum Gasteiger partial charge on any atom is 0.164 e. The van der Waals surface area contributed by atoms with Gasteiger partial charge in [0.1, 0.15) is 36.1 Å². The molecule has 4 atom stereocenters. The predicted octanol–water partition coefficient (Wildman–Crippen LogP) is -1.49. The zero-order valence-electron chi connectivity index (χ0n) is 11.5. The summed E-state index contributed by atoms with van der Waals surface area (Å²) in [5, 5.41) is 29.7. The number of ether oxygens (including phenoxy) is 1. The van der Waals surface area contributed by atoms with E-state index in [4.69, 9.17) is 21.3 Å². The van der Waals surface area contributed by atoms with Crippen LogP contribution in [0.2, 0.25) is 0 Å². The number of aliphatic hydroxyl groups is 3. The Morgan fingerprint density at radius 1 is 1.27 bits per heavy atom. The number of nitrogen functional groups attached to an aromatic ring is 1. The van der Waals surface area contributed by atoms with Gasteiger partial charge in [-0.05, 0) is 5.56 Å². The monoisotopic (exact) mass is 331 g/mol. The summed E-state index contributed by atoms with van der Waals surface area (Å²) in [4.78, 5) is 8.07. The first-order chi connectivity index (χ1) is 10.1. The molecule has 4 unspecified atom stereocenters. The molecule has 1 saturated heterocycles. The summed E-state index contributed by atoms with van der Waals surface area (Å²) in [6, 6.07) is 0. The molecule has 22 heavy (non-hydrogen) atoms. The number of hydrogen-bond acceptors (Lipinski definition) is 8. The highest BCUT2D eigenvalue weighted by atomic mass is 35.5. The van der Waals surface area contributed by atoms with Crippen molar-refractivity contribution in [1.29, 1.82) is 0 Å². The summed E-state index contributed by atoms with van der Waals surface area (Å²) in [6.45, 7) is -0.176. The number of hydrogen-bond donors (Lipinski definition) is 5. The number of aromatic nitrogens is 3. The Kier molecular flexibility index (Phi) is 4.85. The lowest BCUT2D eigenvalue weighted by atomic mass is 10.1. The van der Waals surface area contributed by atoms with E-state index in [0.29, 0.717) is 16.6 Å². The SMILES string of the molecule is Cl.NCc1cn(C2OC(CO)C(O)C2O)c2ncnc(N)c12. The second kappa shape index (κ2) is 6.32. The van der Waals surface area contributed by atoms with Crippen molar-refractivity contribution in [3.63, 3.8) is 0 Å². The molecule has 0 aliphatic carbocycles. The van der Waals surface area contributed by atoms with Gasteiger partial charge in [-0.2, -0.15) is 0 Å². The van der Waals surface area contributed by atoms with Crippen molar-refractivity contribution in [2.45, 2.75) is 31.1 Å². The molecule has 3 rings (SSSR count). The average Bonchev–Trinajstić information content (AvgIpc) is 2.99. The third kappa shape index (κ3) is 2.41. The maximum atomic E-state index is 10.1. The second-order valence-electron chi connectivity index (χ2n) is 4.95. The molecule has 0 aromatic carbocycles. The van der Waals surface area contributed by atoms with Crippen molar-refractivity contribution in [2.24, 2.45) is 5.73 Å². The molecular weight excluding hydrogens is 314 g/mol. The summed E-state index contributed by atoms with van der Waals surface area (Å²) in [5.41, 5.74) is 12.7. The van der Waals surface area contributed by atoms with Crippen molar-refractivity contribution in [3.8, 4) is 0 Å². The molecule has 0 spiro atoms. The third-order valence-electron chi connectivity index (χ3n) is 3.73. The van der Waals surface area contributed by atoms with Gasteiger partial charge in [0.15, 0.2) is 6.23 Å². The van der Waals surface area contributed by atoms with Crippen molar-refractivity contribution >= 4 is 29.3 Å². The van der Waals surface area contributed by atoms with Gasteiger partial charge in [0.05, 0.1) is 12.0 Å². The van der Waals surface area contributed by atoms with Crippen LogP contribution in [0.1, 0.15) is 11.8 Å². The highest BCUT2D eigenvalue weighted by Gasteiger charge is 2.44. The van der Waals surface area contributed by atoms with E-state index in [9.17, 15) is 10.2 Å². The lowest BCUT2D eigenvalue weighted by molar-refractivity contribution is -0.0509. The van der Waals surface area contributed by atoms with E-state index in [0.717, 1.165) is 0 Å². The van der Waals surface area contributed by atoms with Crippen LogP contribution in [0.15, 0.2) is 12.5 Å². The molecule has 0 radical (unpaired) electrons. The van der Waals surface area contributed by atoms with E-state index in [1.54, 1.807) is 10.8 Å². The molecule has 0 saturated carbocycles. The average molecular weight is 332 g/mol. The van der Waals surface area contributed by atoms with Gasteiger partial charge in [0, 0.05) is 12.7 Å². The van der Waals surface area contributed by atoms with E-state index in [1.807, 2.05) is 0 Å². The fraction of sp³-hybridized carbons (Fsp3) is 0.500. The van der Waals surface area contributed by atoms with Crippen LogP contribution in [-0.4, -0.2) is 54.8 Å². The molecule has 1 aliphatic heterocycles. The molecule has 2 aromatic rings. The lowest BCUT2D eigenvalue weighted by Crippen LogP contribution is -2.33. The van der Waals surface area contributed by atoms with Gasteiger partial charge in [-0.25, -0.2) is 9.97 Å². The van der Waals surface area contributed by atoms with Gasteiger partial charge in [0.25, 0.3) is 0 Å². The van der Waals surface area contributed by atoms with Crippen molar-refractivity contribution in [3.05, 3.63) is 18.1 Å². The van der Waals surface area contributed by atoms with Gasteiger partial charge in [-0.3, -0.25) is 0 Å². The van der Waals surface area contributed by atoms with E-state index in [2.05, 4.69) is 9.97 Å². The Morgan fingerprint density at radius 2 is 2.00 bits per heavy atom. The molecule has 2 aromatic heterocycles. The van der Waals surface area contributed by atoms with Crippen LogP contribution in [-0.2, 0) is 11.3 Å². The molecule has 3 heterocycles. The van der Waals surface area contributed by atoms with Gasteiger partial charge in [-0.15, -0.1) is 12.4 Å². The number of nitrogens with two attached hydrogens (primary N) is 2. The van der Waals surface area contributed by atoms with Crippen LogP contribution >= 0.6 is 12.4 Å². The zero-order valence-corrected chi connectivity index (χ0v) is 12.3. The zero-order chi connectivity index (χ0) is 15.1. The first-order valence-electron chi connectivity index (χ1n) is 6.51. The fourth-order valence-corrected chi connectivity index (χ4v) is 2.65. The van der Waals surface area contributed by atoms with E-state index in [1.165, 1.54) is 6.33 Å². The molecule has 0 bridgehead atoms. The van der Waals surface area contributed by atoms with Crippen molar-refractivity contribution < 1.29 is 20.1 Å². The smallest absolute Gasteiger partial charge is 0.164 e. The highest BCUT2D eigenvalue weighted by molar-refractivity contribution is 5.89. The van der Waals surface area contributed by atoms with Gasteiger partial charge in [0.2, 0.25) is 0 Å². The predicted molar refractivity (Wildman–Crippen MR) is 80.1 cm³/mol. The number of fused-ring (bicyclic) bond motifs is 1. The molecule has 7 N–H and O–H groups in total. The third-order valence-corrected chi connectivity index (χ3v) is 3.73. The Morgan fingerprint density at radius 3 is 2.59 bits per heavy atom. The molecule has 9 nitrogen and oxygen atoms in total. The molecule has 10 heteroatoms. The molecule has 1 fully saturated rings. The minimum absolute atomic E-state index is 0. The van der Waals surface area contributed by atoms with Crippen LogP contribution in [0.25, 0.3) is 11.0 Å². The van der Waals surface area contributed by atoms with E-state index >= 15 is 0 Å². The van der Waals surface area contributed by atoms with Gasteiger partial charge in [-0.1, -0.05) is 0 Å². The van der Waals surface area contributed by atoms with Crippen LogP contribution < -0.4 is 11.5 Å². The Labute approximate surface area is 131 Å². The van der Waals surface area contributed by atoms with Crippen LogP contribution in [0.4, 0.5) is 5.82 Å². The Hall–Kier alpha value is -1.49. The minimum Gasteiger partial charge on any atom is -0.394 e. The number of halogens is 1. The van der Waals surface area contributed by atoms with Gasteiger partial charge >= 0.3 is 0 Å². The van der Waals surface area contributed by atoms with Gasteiger partial charge < -0.3 is 36.1 Å². The summed E-state index contributed by atoms with van der Waals surface area (Å²) in [5.74, 6) is 0.283. The summed E-state index contributed by atoms with van der Waals surface area (Å²) >= 11 is 0. The quantitative estimate of drug-likeness (QED) is 0.456. The molecular formula is C12H18ClN5O4.